The van der Waals surface area contributed by atoms with Crippen molar-refractivity contribution in [2.75, 3.05) is 50.5 Å². The van der Waals surface area contributed by atoms with Crippen LogP contribution in [0.15, 0.2) is 102 Å². The van der Waals surface area contributed by atoms with E-state index in [9.17, 15) is 27.9 Å². The summed E-state index contributed by atoms with van der Waals surface area (Å²) in [7, 11) is -3.34. The average Bonchev–Trinajstić information content (AvgIpc) is 3.51. The van der Waals surface area contributed by atoms with E-state index in [0.29, 0.717) is 42.4 Å². The van der Waals surface area contributed by atoms with Crippen molar-refractivity contribution in [3.8, 4) is 34.1 Å². The maximum atomic E-state index is 13.3. The number of benzene rings is 5. The molecule has 282 valence electrons. The van der Waals surface area contributed by atoms with E-state index in [2.05, 4.69) is 15.1 Å². The molecule has 3 amide bonds. The van der Waals surface area contributed by atoms with Gasteiger partial charge in [0.25, 0.3) is 5.91 Å². The number of piperidine rings is 1. The second kappa shape index (κ2) is 14.7. The predicted octanol–water partition coefficient (Wildman–Crippen LogP) is 5.37. The van der Waals surface area contributed by atoms with Crippen molar-refractivity contribution in [2.45, 2.75) is 30.3 Å². The number of ether oxygens (including phenoxy) is 2. The second-order valence-electron chi connectivity index (χ2n) is 14.1. The Morgan fingerprint density at radius 2 is 1.58 bits per heavy atom. The van der Waals surface area contributed by atoms with Crippen molar-refractivity contribution in [3.63, 3.8) is 0 Å². The Balaban J connectivity index is 0.876. The SMILES string of the molecule is CS(=O)(=O)c1ccc(-c2ccc3cc(O)ccc3c2Oc2ccc(OCCN3CCN(c4cccc5c4CN(C4CCC(=O)NC4=O)C5=O)CC3)cc2)cc1. The minimum atomic E-state index is -3.34. The Labute approximate surface area is 318 Å². The van der Waals surface area contributed by atoms with E-state index in [1.54, 1.807) is 47.4 Å². The molecule has 0 bridgehead atoms. The van der Waals surface area contributed by atoms with Gasteiger partial charge in [-0.1, -0.05) is 24.3 Å². The molecular formula is C42H40N4O8S. The molecule has 5 aromatic rings. The third kappa shape index (κ3) is 7.45. The highest BCUT2D eigenvalue weighted by molar-refractivity contribution is 7.90. The van der Waals surface area contributed by atoms with Crippen LogP contribution in [0.2, 0.25) is 0 Å². The summed E-state index contributed by atoms with van der Waals surface area (Å²) >= 11 is 0. The number of rotatable bonds is 10. The van der Waals surface area contributed by atoms with E-state index in [1.165, 1.54) is 6.26 Å². The second-order valence-corrected chi connectivity index (χ2v) is 16.1. The first-order valence-electron chi connectivity index (χ1n) is 18.2. The zero-order valence-electron chi connectivity index (χ0n) is 30.2. The molecule has 0 aliphatic carbocycles. The number of aromatic hydroxyl groups is 1. The van der Waals surface area contributed by atoms with Crippen molar-refractivity contribution in [1.82, 2.24) is 15.1 Å². The summed E-state index contributed by atoms with van der Waals surface area (Å²) in [6.07, 6.45) is 1.74. The Bertz CT molecular complexity index is 2410. The minimum absolute atomic E-state index is 0.143. The molecule has 3 aliphatic rings. The van der Waals surface area contributed by atoms with Gasteiger partial charge in [-0.3, -0.25) is 24.6 Å². The van der Waals surface area contributed by atoms with Gasteiger partial charge in [0.05, 0.1) is 4.90 Å². The molecule has 2 fully saturated rings. The Morgan fingerprint density at radius 1 is 0.836 bits per heavy atom. The van der Waals surface area contributed by atoms with Crippen molar-refractivity contribution >= 4 is 44.0 Å². The summed E-state index contributed by atoms with van der Waals surface area (Å²) < 4.78 is 36.7. The van der Waals surface area contributed by atoms with Crippen molar-refractivity contribution < 1.29 is 37.4 Å². The largest absolute Gasteiger partial charge is 0.508 e. The van der Waals surface area contributed by atoms with Gasteiger partial charge in [-0.05, 0) is 90.2 Å². The van der Waals surface area contributed by atoms with E-state index in [4.69, 9.17) is 9.47 Å². The van der Waals surface area contributed by atoms with Crippen LogP contribution in [0.1, 0.15) is 28.8 Å². The topological polar surface area (TPSA) is 146 Å². The van der Waals surface area contributed by atoms with Gasteiger partial charge >= 0.3 is 0 Å². The summed E-state index contributed by atoms with van der Waals surface area (Å²) in [4.78, 5) is 44.0. The number of hydrogen-bond acceptors (Lipinski definition) is 10. The predicted molar refractivity (Wildman–Crippen MR) is 207 cm³/mol. The van der Waals surface area contributed by atoms with E-state index >= 15 is 0 Å². The maximum absolute atomic E-state index is 13.3. The van der Waals surface area contributed by atoms with Crippen LogP contribution < -0.4 is 19.7 Å². The molecule has 55 heavy (non-hydrogen) atoms. The molecule has 2 saturated heterocycles. The van der Waals surface area contributed by atoms with Gasteiger partial charge in [0.15, 0.2) is 9.84 Å². The lowest BCUT2D eigenvalue weighted by Gasteiger charge is -2.37. The van der Waals surface area contributed by atoms with Crippen LogP contribution in [-0.2, 0) is 26.0 Å². The Hall–Kier alpha value is -5.92. The number of amides is 3. The number of fused-ring (bicyclic) bond motifs is 2. The van der Waals surface area contributed by atoms with Crippen LogP contribution in [0, 0.1) is 0 Å². The number of phenolic OH excluding ortho intramolecular Hbond substituents is 1. The molecule has 0 radical (unpaired) electrons. The number of carbonyl (C=O) groups is 3. The molecule has 1 atom stereocenters. The van der Waals surface area contributed by atoms with E-state index in [-0.39, 0.29) is 28.9 Å². The van der Waals surface area contributed by atoms with Crippen molar-refractivity contribution in [2.24, 2.45) is 0 Å². The standard InChI is InChI=1S/C42H40N4O8S/c1-55(51,52)32-13-5-27(6-14-32)33-15-7-28-25-29(47)8-16-34(28)40(33)54-31-11-9-30(10-12-31)53-24-23-44-19-21-45(22-20-44)37-4-2-3-35-36(37)26-46(42(35)50)38-17-18-39(48)43-41(38)49/h2-16,25,38,47H,17-24,26H2,1H3,(H,43,48,49). The van der Waals surface area contributed by atoms with Gasteiger partial charge in [0.2, 0.25) is 11.8 Å². The normalized spacial score (nSPS) is 17.7. The highest BCUT2D eigenvalue weighted by atomic mass is 32.2. The van der Waals surface area contributed by atoms with E-state index in [0.717, 1.165) is 65.9 Å². The number of piperazine rings is 1. The molecule has 12 nitrogen and oxygen atoms in total. The number of nitrogens with zero attached hydrogens (tertiary/aromatic N) is 3. The van der Waals surface area contributed by atoms with E-state index < -0.39 is 21.8 Å². The average molecular weight is 761 g/mol. The molecule has 13 heteroatoms. The summed E-state index contributed by atoms with van der Waals surface area (Å²) in [6.45, 7) is 4.81. The van der Waals surface area contributed by atoms with Crippen LogP contribution in [0.4, 0.5) is 5.69 Å². The molecule has 3 heterocycles. The first kappa shape index (κ1) is 36.1. The Kier molecular flexibility index (Phi) is 9.66. The minimum Gasteiger partial charge on any atom is -0.508 e. The number of phenols is 1. The van der Waals surface area contributed by atoms with Gasteiger partial charge in [-0.15, -0.1) is 0 Å². The van der Waals surface area contributed by atoms with Crippen LogP contribution in [0.5, 0.6) is 23.0 Å². The molecular weight excluding hydrogens is 721 g/mol. The summed E-state index contributed by atoms with van der Waals surface area (Å²) in [6, 6.07) is 28.1. The van der Waals surface area contributed by atoms with Crippen LogP contribution in [-0.4, -0.2) is 92.7 Å². The molecule has 8 rings (SSSR count). The maximum Gasteiger partial charge on any atom is 0.255 e. The molecule has 2 N–H and O–H groups in total. The summed E-state index contributed by atoms with van der Waals surface area (Å²) in [5, 5.41) is 14.1. The molecule has 0 saturated carbocycles. The van der Waals surface area contributed by atoms with Gasteiger partial charge < -0.3 is 24.4 Å². The van der Waals surface area contributed by atoms with Crippen LogP contribution in [0.25, 0.3) is 21.9 Å². The van der Waals surface area contributed by atoms with Gasteiger partial charge in [0.1, 0.15) is 35.6 Å². The fourth-order valence-electron chi connectivity index (χ4n) is 7.60. The Morgan fingerprint density at radius 3 is 2.31 bits per heavy atom. The molecule has 5 aromatic carbocycles. The fourth-order valence-corrected chi connectivity index (χ4v) is 8.23. The van der Waals surface area contributed by atoms with Crippen molar-refractivity contribution in [3.05, 3.63) is 108 Å². The van der Waals surface area contributed by atoms with Crippen LogP contribution in [0.3, 0.4) is 0 Å². The number of imide groups is 1. The third-order valence-electron chi connectivity index (χ3n) is 10.5. The van der Waals surface area contributed by atoms with Gasteiger partial charge in [-0.25, -0.2) is 8.42 Å². The zero-order chi connectivity index (χ0) is 38.3. The molecule has 1 unspecified atom stereocenters. The van der Waals surface area contributed by atoms with Crippen molar-refractivity contribution in [1.29, 1.82) is 0 Å². The monoisotopic (exact) mass is 760 g/mol. The molecule has 0 aromatic heterocycles. The summed E-state index contributed by atoms with van der Waals surface area (Å²) in [5.41, 5.74) is 4.13. The van der Waals surface area contributed by atoms with E-state index in [1.807, 2.05) is 54.6 Å². The lowest BCUT2D eigenvalue weighted by molar-refractivity contribution is -0.136. The summed E-state index contributed by atoms with van der Waals surface area (Å²) in [5.74, 6) is 1.14. The van der Waals surface area contributed by atoms with Gasteiger partial charge in [0, 0.05) is 79.7 Å². The van der Waals surface area contributed by atoms with Gasteiger partial charge in [-0.2, -0.15) is 0 Å². The first-order chi connectivity index (χ1) is 26.5. The number of nitrogens with one attached hydrogen (secondary N) is 1. The fraction of sp³-hybridized carbons (Fsp3) is 0.262. The quantitative estimate of drug-likeness (QED) is 0.178. The lowest BCUT2D eigenvalue weighted by atomic mass is 9.99. The molecule has 0 spiro atoms. The number of sulfone groups is 1. The van der Waals surface area contributed by atoms with Crippen LogP contribution >= 0.6 is 0 Å². The number of hydrogen-bond donors (Lipinski definition) is 2. The zero-order valence-corrected chi connectivity index (χ0v) is 31.1. The third-order valence-corrected chi connectivity index (χ3v) is 11.7. The smallest absolute Gasteiger partial charge is 0.255 e. The molecule has 3 aliphatic heterocycles. The highest BCUT2D eigenvalue weighted by Crippen LogP contribution is 2.41. The lowest BCUT2D eigenvalue weighted by Crippen LogP contribution is -2.52. The highest BCUT2D eigenvalue weighted by Gasteiger charge is 2.40. The number of carbonyl (C=O) groups excluding carboxylic acids is 3. The first-order valence-corrected chi connectivity index (χ1v) is 20.1. The number of anilines is 1.